The first kappa shape index (κ1) is 10.4. The molecule has 2 aromatic carbocycles. The van der Waals surface area contributed by atoms with Gasteiger partial charge in [-0.25, -0.2) is 0 Å². The van der Waals surface area contributed by atoms with E-state index in [0.717, 1.165) is 5.56 Å². The molecule has 1 heterocycles. The van der Waals surface area contributed by atoms with Gasteiger partial charge in [-0.15, -0.1) is 0 Å². The number of nitrogens with one attached hydrogen (secondary N) is 1. The maximum absolute atomic E-state index is 5.99. The average molecular weight is 225 g/mol. The predicted molar refractivity (Wildman–Crippen MR) is 68.7 cm³/mol. The van der Waals surface area contributed by atoms with Crippen molar-refractivity contribution in [3.63, 3.8) is 0 Å². The minimum absolute atomic E-state index is 0.0545. The number of hydrogen-bond donors (Lipinski definition) is 1. The van der Waals surface area contributed by atoms with Crippen LogP contribution in [-0.4, -0.2) is 0 Å². The zero-order chi connectivity index (χ0) is 11.7. The third-order valence-corrected chi connectivity index (χ3v) is 3.13. The summed E-state index contributed by atoms with van der Waals surface area (Å²) < 4.78 is 5.99. The fourth-order valence-corrected chi connectivity index (χ4v) is 2.23. The van der Waals surface area contributed by atoms with E-state index in [0.29, 0.717) is 0 Å². The summed E-state index contributed by atoms with van der Waals surface area (Å²) in [6, 6.07) is 18.5. The third-order valence-electron chi connectivity index (χ3n) is 3.13. The van der Waals surface area contributed by atoms with Gasteiger partial charge in [0.25, 0.3) is 0 Å². The van der Waals surface area contributed by atoms with Crippen molar-refractivity contribution in [1.82, 2.24) is 0 Å². The molecule has 1 aliphatic rings. The summed E-state index contributed by atoms with van der Waals surface area (Å²) in [5.41, 5.74) is 3.55. The van der Waals surface area contributed by atoms with Crippen LogP contribution in [0.1, 0.15) is 30.4 Å². The molecule has 0 saturated carbocycles. The van der Waals surface area contributed by atoms with Crippen LogP contribution < -0.4 is 5.32 Å². The zero-order valence-electron chi connectivity index (χ0n) is 9.76. The van der Waals surface area contributed by atoms with Gasteiger partial charge in [-0.05, 0) is 13.0 Å². The van der Waals surface area contributed by atoms with Crippen LogP contribution in [-0.2, 0) is 4.74 Å². The lowest BCUT2D eigenvalue weighted by Crippen LogP contribution is -2.22. The van der Waals surface area contributed by atoms with Crippen molar-refractivity contribution in [1.29, 1.82) is 0 Å². The lowest BCUT2D eigenvalue weighted by atomic mass is 10.0. The Morgan fingerprint density at radius 2 is 1.65 bits per heavy atom. The van der Waals surface area contributed by atoms with Crippen LogP contribution >= 0.6 is 0 Å². The molecule has 2 heteroatoms. The van der Waals surface area contributed by atoms with Crippen molar-refractivity contribution in [3.05, 3.63) is 65.7 Å². The second kappa shape index (κ2) is 4.22. The van der Waals surface area contributed by atoms with E-state index in [4.69, 9.17) is 4.74 Å². The smallest absolute Gasteiger partial charge is 0.154 e. The summed E-state index contributed by atoms with van der Waals surface area (Å²) in [7, 11) is 0. The molecule has 0 unspecified atom stereocenters. The third kappa shape index (κ3) is 1.92. The van der Waals surface area contributed by atoms with E-state index in [2.05, 4.69) is 36.5 Å². The minimum Gasteiger partial charge on any atom is -0.356 e. The molecule has 86 valence electrons. The van der Waals surface area contributed by atoms with Crippen molar-refractivity contribution in [3.8, 4) is 0 Å². The molecule has 0 spiro atoms. The van der Waals surface area contributed by atoms with Crippen LogP contribution in [0.15, 0.2) is 54.6 Å². The molecule has 1 aliphatic heterocycles. The van der Waals surface area contributed by atoms with Gasteiger partial charge in [-0.3, -0.25) is 0 Å². The van der Waals surface area contributed by atoms with E-state index in [1.807, 2.05) is 30.3 Å². The fourth-order valence-electron chi connectivity index (χ4n) is 2.23. The molecule has 0 aliphatic carbocycles. The van der Waals surface area contributed by atoms with Gasteiger partial charge < -0.3 is 10.1 Å². The van der Waals surface area contributed by atoms with Gasteiger partial charge in [0.1, 0.15) is 0 Å². The molecule has 1 N–H and O–H groups in total. The molecule has 3 rings (SSSR count). The van der Waals surface area contributed by atoms with Crippen molar-refractivity contribution in [2.75, 3.05) is 5.32 Å². The lowest BCUT2D eigenvalue weighted by molar-refractivity contribution is 0.00334. The van der Waals surface area contributed by atoms with Gasteiger partial charge in [0.05, 0.1) is 6.10 Å². The Bertz CT molecular complexity index is 509. The van der Waals surface area contributed by atoms with E-state index >= 15 is 0 Å². The topological polar surface area (TPSA) is 21.3 Å². The summed E-state index contributed by atoms with van der Waals surface area (Å²) in [5, 5.41) is 3.42. The average Bonchev–Trinajstić information content (AvgIpc) is 2.40. The Kier molecular flexibility index (Phi) is 2.57. The summed E-state index contributed by atoms with van der Waals surface area (Å²) in [5.74, 6) is 0. The number of hydrogen-bond acceptors (Lipinski definition) is 2. The zero-order valence-corrected chi connectivity index (χ0v) is 9.76. The van der Waals surface area contributed by atoms with Crippen LogP contribution in [0.4, 0.5) is 5.69 Å². The van der Waals surface area contributed by atoms with Gasteiger partial charge in [0.2, 0.25) is 0 Å². The quantitative estimate of drug-likeness (QED) is 0.795. The summed E-state index contributed by atoms with van der Waals surface area (Å²) in [6.07, 6.45) is 0.0683. The molecule has 0 saturated heterocycles. The molecule has 17 heavy (non-hydrogen) atoms. The van der Waals surface area contributed by atoms with Crippen molar-refractivity contribution < 1.29 is 4.74 Å². The van der Waals surface area contributed by atoms with E-state index in [1.165, 1.54) is 11.3 Å². The highest BCUT2D eigenvalue weighted by molar-refractivity contribution is 5.54. The predicted octanol–water partition coefficient (Wildman–Crippen LogP) is 3.89. The van der Waals surface area contributed by atoms with Gasteiger partial charge in [-0.2, -0.15) is 0 Å². The Hall–Kier alpha value is -1.80. The van der Waals surface area contributed by atoms with Gasteiger partial charge in [0, 0.05) is 16.8 Å². The highest BCUT2D eigenvalue weighted by atomic mass is 16.5. The molecular formula is C15H15NO. The second-order valence-electron chi connectivity index (χ2n) is 4.30. The molecule has 0 amide bonds. The highest BCUT2D eigenvalue weighted by Gasteiger charge is 2.24. The number of benzene rings is 2. The van der Waals surface area contributed by atoms with E-state index in [9.17, 15) is 0 Å². The number of rotatable bonds is 1. The van der Waals surface area contributed by atoms with Crippen molar-refractivity contribution in [2.24, 2.45) is 0 Å². The monoisotopic (exact) mass is 225 g/mol. The fraction of sp³-hybridized carbons (Fsp3) is 0.200. The van der Waals surface area contributed by atoms with Crippen LogP contribution in [0.25, 0.3) is 0 Å². The SMILES string of the molecule is C[C@@H]1O[C@H](c2ccccc2)Nc2ccccc21. The Morgan fingerprint density at radius 1 is 0.941 bits per heavy atom. The molecular weight excluding hydrogens is 210 g/mol. The van der Waals surface area contributed by atoms with Gasteiger partial charge in [-0.1, -0.05) is 48.5 Å². The molecule has 0 aromatic heterocycles. The lowest BCUT2D eigenvalue weighted by Gasteiger charge is -2.32. The van der Waals surface area contributed by atoms with Crippen LogP contribution in [0.2, 0.25) is 0 Å². The molecule has 2 nitrogen and oxygen atoms in total. The van der Waals surface area contributed by atoms with Crippen LogP contribution in [0.3, 0.4) is 0 Å². The van der Waals surface area contributed by atoms with Crippen molar-refractivity contribution >= 4 is 5.69 Å². The summed E-state index contributed by atoms with van der Waals surface area (Å²) >= 11 is 0. The number of fused-ring (bicyclic) bond motifs is 1. The molecule has 2 aromatic rings. The highest BCUT2D eigenvalue weighted by Crippen LogP contribution is 2.37. The van der Waals surface area contributed by atoms with Crippen LogP contribution in [0, 0.1) is 0 Å². The maximum Gasteiger partial charge on any atom is 0.154 e. The van der Waals surface area contributed by atoms with E-state index in [1.54, 1.807) is 0 Å². The first-order valence-corrected chi connectivity index (χ1v) is 5.90. The van der Waals surface area contributed by atoms with E-state index in [-0.39, 0.29) is 12.3 Å². The number of ether oxygens (including phenoxy) is 1. The molecule has 0 bridgehead atoms. The molecule has 2 atom stereocenters. The maximum atomic E-state index is 5.99. The number of anilines is 1. The first-order valence-electron chi connectivity index (χ1n) is 5.90. The minimum atomic E-state index is -0.0545. The Morgan fingerprint density at radius 3 is 2.47 bits per heavy atom. The summed E-state index contributed by atoms with van der Waals surface area (Å²) in [6.45, 7) is 2.09. The largest absolute Gasteiger partial charge is 0.356 e. The van der Waals surface area contributed by atoms with Crippen molar-refractivity contribution in [2.45, 2.75) is 19.3 Å². The normalized spacial score (nSPS) is 22.6. The van der Waals surface area contributed by atoms with Gasteiger partial charge in [0.15, 0.2) is 6.23 Å². The Balaban J connectivity index is 1.94. The standard InChI is InChI=1S/C15H15NO/c1-11-13-9-5-6-10-14(13)16-15(17-11)12-7-3-2-4-8-12/h2-11,15-16H,1H3/t11-,15+/m0/s1. The van der Waals surface area contributed by atoms with Gasteiger partial charge >= 0.3 is 0 Å². The summed E-state index contributed by atoms with van der Waals surface area (Å²) in [4.78, 5) is 0. The molecule has 0 fully saturated rings. The Labute approximate surface area is 101 Å². The first-order chi connectivity index (χ1) is 8.34. The molecule has 0 radical (unpaired) electrons. The number of para-hydroxylation sites is 1. The van der Waals surface area contributed by atoms with E-state index < -0.39 is 0 Å². The van der Waals surface area contributed by atoms with Crippen LogP contribution in [0.5, 0.6) is 0 Å². The second-order valence-corrected chi connectivity index (χ2v) is 4.30.